The summed E-state index contributed by atoms with van der Waals surface area (Å²) in [4.78, 5) is 21.1. The standard InChI is InChI=1S/C14H20N4O/c1-15-13-5-4-11(9-16-13)14(19)18-8-7-17-6-2-3-12(17)10-18/h4-5,9,12H,2-3,6-8,10H2,1H3,(H,15,16). The Hall–Kier alpha value is -1.62. The van der Waals surface area contributed by atoms with Gasteiger partial charge in [0.05, 0.1) is 5.56 Å². The molecule has 3 heterocycles. The van der Waals surface area contributed by atoms with Crippen LogP contribution in [0.2, 0.25) is 0 Å². The van der Waals surface area contributed by atoms with Gasteiger partial charge in [0, 0.05) is 38.9 Å². The van der Waals surface area contributed by atoms with Crippen LogP contribution in [0, 0.1) is 0 Å². The Labute approximate surface area is 113 Å². The first-order chi connectivity index (χ1) is 9.28. The molecule has 5 nitrogen and oxygen atoms in total. The molecule has 0 bridgehead atoms. The zero-order valence-corrected chi connectivity index (χ0v) is 11.3. The molecule has 19 heavy (non-hydrogen) atoms. The van der Waals surface area contributed by atoms with Crippen molar-refractivity contribution in [2.24, 2.45) is 0 Å². The molecule has 0 radical (unpaired) electrons. The highest BCUT2D eigenvalue weighted by atomic mass is 16.2. The number of aromatic nitrogens is 1. The summed E-state index contributed by atoms with van der Waals surface area (Å²) in [6, 6.07) is 4.27. The fourth-order valence-electron chi connectivity index (χ4n) is 3.03. The summed E-state index contributed by atoms with van der Waals surface area (Å²) < 4.78 is 0. The van der Waals surface area contributed by atoms with Crippen LogP contribution in [0.5, 0.6) is 0 Å². The topological polar surface area (TPSA) is 48.5 Å². The predicted octanol–water partition coefficient (Wildman–Crippen LogP) is 1.04. The van der Waals surface area contributed by atoms with Crippen molar-refractivity contribution >= 4 is 11.7 Å². The summed E-state index contributed by atoms with van der Waals surface area (Å²) in [5.74, 6) is 0.902. The van der Waals surface area contributed by atoms with E-state index in [9.17, 15) is 4.79 Å². The van der Waals surface area contributed by atoms with Gasteiger partial charge in [-0.05, 0) is 31.5 Å². The molecule has 5 heteroatoms. The Morgan fingerprint density at radius 2 is 2.26 bits per heavy atom. The van der Waals surface area contributed by atoms with E-state index in [0.717, 1.165) is 25.5 Å². The van der Waals surface area contributed by atoms with Crippen LogP contribution >= 0.6 is 0 Å². The van der Waals surface area contributed by atoms with Crippen LogP contribution in [0.15, 0.2) is 18.3 Å². The zero-order chi connectivity index (χ0) is 13.2. The first-order valence-electron chi connectivity index (χ1n) is 6.95. The molecule has 1 unspecified atom stereocenters. The lowest BCUT2D eigenvalue weighted by atomic mass is 10.1. The fraction of sp³-hybridized carbons (Fsp3) is 0.571. The molecule has 0 saturated carbocycles. The number of piperazine rings is 1. The van der Waals surface area contributed by atoms with E-state index >= 15 is 0 Å². The number of rotatable bonds is 2. The second kappa shape index (κ2) is 5.17. The van der Waals surface area contributed by atoms with Crippen molar-refractivity contribution in [1.29, 1.82) is 0 Å². The first-order valence-corrected chi connectivity index (χ1v) is 6.95. The number of pyridine rings is 1. The number of carbonyl (C=O) groups excluding carboxylic acids is 1. The molecule has 1 aromatic rings. The average Bonchev–Trinajstić information content (AvgIpc) is 2.94. The third kappa shape index (κ3) is 2.42. The van der Waals surface area contributed by atoms with E-state index in [-0.39, 0.29) is 5.91 Å². The number of hydrogen-bond acceptors (Lipinski definition) is 4. The Kier molecular flexibility index (Phi) is 3.38. The van der Waals surface area contributed by atoms with Crippen molar-refractivity contribution in [2.45, 2.75) is 18.9 Å². The Morgan fingerprint density at radius 1 is 1.37 bits per heavy atom. The van der Waals surface area contributed by atoms with Crippen molar-refractivity contribution < 1.29 is 4.79 Å². The molecule has 2 aliphatic heterocycles. The van der Waals surface area contributed by atoms with E-state index in [2.05, 4.69) is 15.2 Å². The summed E-state index contributed by atoms with van der Waals surface area (Å²) >= 11 is 0. The molecule has 1 aromatic heterocycles. The molecular formula is C14H20N4O. The van der Waals surface area contributed by atoms with Crippen LogP contribution in [0.25, 0.3) is 0 Å². The first kappa shape index (κ1) is 12.4. The number of amides is 1. The molecule has 1 N–H and O–H groups in total. The highest BCUT2D eigenvalue weighted by Crippen LogP contribution is 2.22. The molecule has 2 aliphatic rings. The van der Waals surface area contributed by atoms with Crippen LogP contribution in [-0.2, 0) is 0 Å². The van der Waals surface area contributed by atoms with Gasteiger partial charge in [-0.25, -0.2) is 4.98 Å². The van der Waals surface area contributed by atoms with Crippen LogP contribution in [0.3, 0.4) is 0 Å². The van der Waals surface area contributed by atoms with E-state index in [0.29, 0.717) is 11.6 Å². The van der Waals surface area contributed by atoms with Gasteiger partial charge in [-0.15, -0.1) is 0 Å². The van der Waals surface area contributed by atoms with Crippen LogP contribution in [0.1, 0.15) is 23.2 Å². The van der Waals surface area contributed by atoms with Crippen LogP contribution in [0.4, 0.5) is 5.82 Å². The molecule has 0 spiro atoms. The van der Waals surface area contributed by atoms with Gasteiger partial charge in [0.1, 0.15) is 5.82 Å². The van der Waals surface area contributed by atoms with Gasteiger partial charge in [-0.3, -0.25) is 9.69 Å². The number of nitrogens with one attached hydrogen (secondary N) is 1. The van der Waals surface area contributed by atoms with Crippen molar-refractivity contribution in [3.05, 3.63) is 23.9 Å². The average molecular weight is 260 g/mol. The molecular weight excluding hydrogens is 240 g/mol. The maximum Gasteiger partial charge on any atom is 0.255 e. The number of anilines is 1. The maximum atomic E-state index is 12.4. The smallest absolute Gasteiger partial charge is 0.255 e. The lowest BCUT2D eigenvalue weighted by Crippen LogP contribution is -2.52. The lowest BCUT2D eigenvalue weighted by molar-refractivity contribution is 0.0571. The summed E-state index contributed by atoms with van der Waals surface area (Å²) in [5, 5.41) is 2.96. The van der Waals surface area contributed by atoms with E-state index < -0.39 is 0 Å². The SMILES string of the molecule is CNc1ccc(C(=O)N2CCN3CCCC3C2)cn1. The normalized spacial score (nSPS) is 23.2. The van der Waals surface area contributed by atoms with Gasteiger partial charge >= 0.3 is 0 Å². The monoisotopic (exact) mass is 260 g/mol. The highest BCUT2D eigenvalue weighted by Gasteiger charge is 2.32. The van der Waals surface area contributed by atoms with Gasteiger partial charge in [0.25, 0.3) is 5.91 Å². The van der Waals surface area contributed by atoms with Crippen LogP contribution in [-0.4, -0.2) is 60.0 Å². The largest absolute Gasteiger partial charge is 0.373 e. The number of hydrogen-bond donors (Lipinski definition) is 1. The number of carbonyl (C=O) groups is 1. The molecule has 3 rings (SSSR count). The summed E-state index contributed by atoms with van der Waals surface area (Å²) in [5.41, 5.74) is 0.686. The minimum Gasteiger partial charge on any atom is -0.373 e. The molecule has 102 valence electrons. The minimum atomic E-state index is 0.113. The molecule has 1 atom stereocenters. The Bertz CT molecular complexity index is 459. The van der Waals surface area contributed by atoms with Crippen molar-refractivity contribution in [1.82, 2.24) is 14.8 Å². The van der Waals surface area contributed by atoms with Crippen LogP contribution < -0.4 is 5.32 Å². The number of nitrogens with zero attached hydrogens (tertiary/aromatic N) is 3. The van der Waals surface area contributed by atoms with Gasteiger partial charge in [0.2, 0.25) is 0 Å². The summed E-state index contributed by atoms with van der Waals surface area (Å²) in [6.45, 7) is 3.92. The van der Waals surface area contributed by atoms with E-state index in [1.807, 2.05) is 24.1 Å². The Balaban J connectivity index is 1.69. The number of fused-ring (bicyclic) bond motifs is 1. The van der Waals surface area contributed by atoms with Crippen molar-refractivity contribution in [2.75, 3.05) is 38.5 Å². The molecule has 0 aromatic carbocycles. The fourth-order valence-corrected chi connectivity index (χ4v) is 3.03. The second-order valence-corrected chi connectivity index (χ2v) is 5.27. The molecule has 1 amide bonds. The Morgan fingerprint density at radius 3 is 3.00 bits per heavy atom. The maximum absolute atomic E-state index is 12.4. The van der Waals surface area contributed by atoms with Gasteiger partial charge in [-0.2, -0.15) is 0 Å². The summed E-state index contributed by atoms with van der Waals surface area (Å²) in [7, 11) is 1.82. The van der Waals surface area contributed by atoms with Gasteiger partial charge in [-0.1, -0.05) is 0 Å². The lowest BCUT2D eigenvalue weighted by Gasteiger charge is -2.37. The predicted molar refractivity (Wildman–Crippen MR) is 74.3 cm³/mol. The highest BCUT2D eigenvalue weighted by molar-refractivity contribution is 5.94. The van der Waals surface area contributed by atoms with E-state index in [1.54, 1.807) is 6.20 Å². The summed E-state index contributed by atoms with van der Waals surface area (Å²) in [6.07, 6.45) is 4.15. The van der Waals surface area contributed by atoms with Gasteiger partial charge < -0.3 is 10.2 Å². The third-order valence-corrected chi connectivity index (χ3v) is 4.14. The molecule has 0 aliphatic carbocycles. The molecule has 2 saturated heterocycles. The van der Waals surface area contributed by atoms with Gasteiger partial charge in [0.15, 0.2) is 0 Å². The van der Waals surface area contributed by atoms with E-state index in [4.69, 9.17) is 0 Å². The molecule has 2 fully saturated rings. The quantitative estimate of drug-likeness (QED) is 0.863. The third-order valence-electron chi connectivity index (χ3n) is 4.14. The second-order valence-electron chi connectivity index (χ2n) is 5.27. The van der Waals surface area contributed by atoms with Crippen molar-refractivity contribution in [3.63, 3.8) is 0 Å². The van der Waals surface area contributed by atoms with Crippen molar-refractivity contribution in [3.8, 4) is 0 Å². The van der Waals surface area contributed by atoms with E-state index in [1.165, 1.54) is 19.4 Å². The minimum absolute atomic E-state index is 0.113. The zero-order valence-electron chi connectivity index (χ0n) is 11.3.